The Kier molecular flexibility index (Phi) is 16.0. The third-order valence-electron chi connectivity index (χ3n) is 4.01. The van der Waals surface area contributed by atoms with Crippen LogP contribution in [0.15, 0.2) is 0 Å². The molecule has 0 saturated heterocycles. The van der Waals surface area contributed by atoms with Gasteiger partial charge in [0.2, 0.25) is 11.8 Å². The Bertz CT molecular complexity index is 435. The first kappa shape index (κ1) is 27.7. The minimum absolute atomic E-state index is 0.000185. The van der Waals surface area contributed by atoms with E-state index < -0.39 is 6.04 Å². The summed E-state index contributed by atoms with van der Waals surface area (Å²) in [4.78, 5) is 37.6. The predicted octanol–water partition coefficient (Wildman–Crippen LogP) is 1.55. The number of unbranched alkanes of at least 4 members (excludes halogenated alkanes) is 1. The summed E-state index contributed by atoms with van der Waals surface area (Å²) in [5.41, 5.74) is 5.14. The summed E-state index contributed by atoms with van der Waals surface area (Å²) in [5.74, 6) is -0.279. The molecule has 0 aliphatic rings. The molecule has 0 rings (SSSR count). The summed E-state index contributed by atoms with van der Waals surface area (Å²) < 4.78 is 0. The highest BCUT2D eigenvalue weighted by Gasteiger charge is 2.25. The first-order valence-electron chi connectivity index (χ1n) is 9.95. The molecule has 7 nitrogen and oxygen atoms in total. The van der Waals surface area contributed by atoms with Gasteiger partial charge in [-0.1, -0.05) is 41.0 Å². The van der Waals surface area contributed by atoms with Gasteiger partial charge in [-0.2, -0.15) is 0 Å². The molecule has 0 spiro atoms. The second-order valence-electron chi connectivity index (χ2n) is 7.82. The van der Waals surface area contributed by atoms with Crippen molar-refractivity contribution >= 4 is 17.6 Å². The topological polar surface area (TPSA) is 105 Å². The maximum atomic E-state index is 12.3. The number of amides is 2. The van der Waals surface area contributed by atoms with E-state index in [1.54, 1.807) is 20.8 Å². The first-order valence-corrected chi connectivity index (χ1v) is 9.95. The van der Waals surface area contributed by atoms with Crippen LogP contribution in [0.25, 0.3) is 0 Å². The molecule has 27 heavy (non-hydrogen) atoms. The zero-order chi connectivity index (χ0) is 21.6. The van der Waals surface area contributed by atoms with Crippen molar-refractivity contribution in [2.75, 3.05) is 27.2 Å². The number of Topliss-reactive ketones (excluding diaryl/α,β-unsaturated/α-hetero) is 1. The fourth-order valence-corrected chi connectivity index (χ4v) is 2.11. The van der Waals surface area contributed by atoms with E-state index >= 15 is 0 Å². The number of likely N-dealkylation sites (N-methyl/N-ethyl adjacent to an activating group) is 1. The minimum Gasteiger partial charge on any atom is -0.347 e. The molecular formula is C20H42N4O3. The maximum absolute atomic E-state index is 12.3. The van der Waals surface area contributed by atoms with Crippen LogP contribution >= 0.6 is 0 Å². The number of ketones is 1. The van der Waals surface area contributed by atoms with Gasteiger partial charge in [0.05, 0.1) is 12.6 Å². The normalized spacial score (nSPS) is 13.0. The highest BCUT2D eigenvalue weighted by atomic mass is 16.2. The lowest BCUT2D eigenvalue weighted by Crippen LogP contribution is -2.52. The Balaban J connectivity index is 0. The fourth-order valence-electron chi connectivity index (χ4n) is 2.11. The number of rotatable bonds is 11. The molecule has 2 atom stereocenters. The number of carbonyl (C=O) groups excluding carboxylic acids is 3. The van der Waals surface area contributed by atoms with Crippen molar-refractivity contribution in [1.29, 1.82) is 0 Å². The van der Waals surface area contributed by atoms with Gasteiger partial charge in [0, 0.05) is 5.92 Å². The standard InChI is InChI=1S/C16H31N3O3.C4H11N/c1-10(2)8-13(19(6)7)16(22)18-12(5)15(21)17-9-14(20)11(3)4;1-2-3-4-5/h10-13H,8-9H2,1-7H3,(H,17,21)(H,18,22);2-5H2,1H3/t12?,13-;/m0./s1. The molecule has 0 aliphatic heterocycles. The number of hydrogen-bond donors (Lipinski definition) is 3. The Labute approximate surface area is 165 Å². The van der Waals surface area contributed by atoms with Gasteiger partial charge in [-0.25, -0.2) is 0 Å². The van der Waals surface area contributed by atoms with Gasteiger partial charge in [0.15, 0.2) is 5.78 Å². The van der Waals surface area contributed by atoms with Crippen LogP contribution in [0.5, 0.6) is 0 Å². The number of nitrogens with two attached hydrogens (primary N) is 1. The first-order chi connectivity index (χ1) is 12.5. The smallest absolute Gasteiger partial charge is 0.242 e. The molecule has 0 radical (unpaired) electrons. The van der Waals surface area contributed by atoms with E-state index in [1.165, 1.54) is 12.8 Å². The second-order valence-corrected chi connectivity index (χ2v) is 7.82. The zero-order valence-electron chi connectivity index (χ0n) is 18.6. The highest BCUT2D eigenvalue weighted by molar-refractivity contribution is 5.92. The third-order valence-corrected chi connectivity index (χ3v) is 4.01. The molecular weight excluding hydrogens is 344 g/mol. The van der Waals surface area contributed by atoms with Crippen LogP contribution in [0.4, 0.5) is 0 Å². The molecule has 0 aromatic carbocycles. The summed E-state index contributed by atoms with van der Waals surface area (Å²) in [6.45, 7) is 12.3. The van der Waals surface area contributed by atoms with E-state index in [2.05, 4.69) is 31.4 Å². The van der Waals surface area contributed by atoms with Crippen LogP contribution in [-0.2, 0) is 14.4 Å². The zero-order valence-corrected chi connectivity index (χ0v) is 18.6. The van der Waals surface area contributed by atoms with Crippen LogP contribution in [0.1, 0.15) is 60.8 Å². The SMILES string of the molecule is CC(C)C[C@@H](C(=O)NC(C)C(=O)NCC(=O)C(C)C)N(C)C.CCCCN. The van der Waals surface area contributed by atoms with Gasteiger partial charge in [0.1, 0.15) is 6.04 Å². The molecule has 160 valence electrons. The average molecular weight is 387 g/mol. The van der Waals surface area contributed by atoms with Crippen molar-refractivity contribution in [2.45, 2.75) is 72.9 Å². The molecule has 0 heterocycles. The largest absolute Gasteiger partial charge is 0.347 e. The highest BCUT2D eigenvalue weighted by Crippen LogP contribution is 2.09. The van der Waals surface area contributed by atoms with E-state index in [0.717, 1.165) is 13.0 Å². The van der Waals surface area contributed by atoms with Crippen LogP contribution in [0.3, 0.4) is 0 Å². The Morgan fingerprint density at radius 2 is 1.56 bits per heavy atom. The van der Waals surface area contributed by atoms with Crippen molar-refractivity contribution in [3.05, 3.63) is 0 Å². The van der Waals surface area contributed by atoms with E-state index in [-0.39, 0.29) is 36.1 Å². The van der Waals surface area contributed by atoms with Crippen LogP contribution in [0, 0.1) is 11.8 Å². The lowest BCUT2D eigenvalue weighted by atomic mass is 10.0. The number of nitrogens with zero attached hydrogens (tertiary/aromatic N) is 1. The molecule has 0 fully saturated rings. The molecule has 4 N–H and O–H groups in total. The lowest BCUT2D eigenvalue weighted by Gasteiger charge is -2.26. The Hall–Kier alpha value is -1.47. The fraction of sp³-hybridized carbons (Fsp3) is 0.850. The number of carbonyl (C=O) groups is 3. The summed E-state index contributed by atoms with van der Waals surface area (Å²) >= 11 is 0. The van der Waals surface area contributed by atoms with Crippen molar-refractivity contribution < 1.29 is 14.4 Å². The van der Waals surface area contributed by atoms with Crippen LogP contribution in [0.2, 0.25) is 0 Å². The van der Waals surface area contributed by atoms with Gasteiger partial charge in [-0.15, -0.1) is 0 Å². The number of hydrogen-bond acceptors (Lipinski definition) is 5. The van der Waals surface area contributed by atoms with Crippen LogP contribution < -0.4 is 16.4 Å². The van der Waals surface area contributed by atoms with Gasteiger partial charge in [0.25, 0.3) is 0 Å². The Morgan fingerprint density at radius 1 is 1.00 bits per heavy atom. The molecule has 0 aliphatic carbocycles. The summed E-state index contributed by atoms with van der Waals surface area (Å²) in [7, 11) is 3.69. The predicted molar refractivity (Wildman–Crippen MR) is 111 cm³/mol. The van der Waals surface area contributed by atoms with Gasteiger partial charge in [-0.3, -0.25) is 19.3 Å². The third kappa shape index (κ3) is 14.3. The molecule has 7 heteroatoms. The second kappa shape index (κ2) is 15.6. The van der Waals surface area contributed by atoms with Gasteiger partial charge < -0.3 is 16.4 Å². The van der Waals surface area contributed by atoms with Gasteiger partial charge >= 0.3 is 0 Å². The van der Waals surface area contributed by atoms with Crippen LogP contribution in [-0.4, -0.2) is 61.8 Å². The minimum atomic E-state index is -0.665. The monoisotopic (exact) mass is 386 g/mol. The van der Waals surface area contributed by atoms with Crippen molar-refractivity contribution in [3.63, 3.8) is 0 Å². The quantitative estimate of drug-likeness (QED) is 0.500. The summed E-state index contributed by atoms with van der Waals surface area (Å²) in [6, 6.07) is -0.936. The van der Waals surface area contributed by atoms with E-state index in [4.69, 9.17) is 5.73 Å². The van der Waals surface area contributed by atoms with E-state index in [9.17, 15) is 14.4 Å². The van der Waals surface area contributed by atoms with Crippen molar-refractivity contribution in [1.82, 2.24) is 15.5 Å². The summed E-state index contributed by atoms with van der Waals surface area (Å²) in [6.07, 6.45) is 3.11. The van der Waals surface area contributed by atoms with Gasteiger partial charge in [-0.05, 0) is 46.3 Å². The van der Waals surface area contributed by atoms with E-state index in [0.29, 0.717) is 5.92 Å². The molecule has 0 aromatic heterocycles. The molecule has 1 unspecified atom stereocenters. The molecule has 2 amide bonds. The molecule has 0 bridgehead atoms. The Morgan fingerprint density at radius 3 is 1.89 bits per heavy atom. The van der Waals surface area contributed by atoms with E-state index in [1.807, 2.05) is 19.0 Å². The molecule has 0 aromatic rings. The maximum Gasteiger partial charge on any atom is 0.242 e. The van der Waals surface area contributed by atoms with Crippen molar-refractivity contribution in [3.8, 4) is 0 Å². The summed E-state index contributed by atoms with van der Waals surface area (Å²) in [5, 5.41) is 5.28. The number of nitrogens with one attached hydrogen (secondary N) is 2. The van der Waals surface area contributed by atoms with Crippen molar-refractivity contribution in [2.24, 2.45) is 17.6 Å². The molecule has 0 saturated carbocycles. The lowest BCUT2D eigenvalue weighted by molar-refractivity contribution is -0.132. The average Bonchev–Trinajstić information content (AvgIpc) is 2.57.